The number of hydrogen-bond acceptors (Lipinski definition) is 6. The molecule has 4 nitrogen and oxygen atoms in total. The molecule has 0 saturated carbocycles. The molecular formula is C18H14N4S2. The molecule has 0 aliphatic rings. The highest BCUT2D eigenvalue weighted by molar-refractivity contribution is 7.17. The lowest BCUT2D eigenvalue weighted by molar-refractivity contribution is 1.19. The van der Waals surface area contributed by atoms with Crippen molar-refractivity contribution < 1.29 is 0 Å². The third-order valence-corrected chi connectivity index (χ3v) is 5.33. The molecule has 0 aliphatic heterocycles. The largest absolute Gasteiger partial charge is 0.261 e. The number of anilines is 1. The van der Waals surface area contributed by atoms with Crippen molar-refractivity contribution in [3.05, 3.63) is 63.9 Å². The van der Waals surface area contributed by atoms with Crippen LogP contribution in [0.25, 0.3) is 21.3 Å². The summed E-state index contributed by atoms with van der Waals surface area (Å²) in [6.07, 6.45) is 3.37. The van der Waals surface area contributed by atoms with E-state index >= 15 is 0 Å². The Bertz CT molecular complexity index is 986. The third-order valence-electron chi connectivity index (χ3n) is 3.64. The first-order valence-electron chi connectivity index (χ1n) is 7.43. The van der Waals surface area contributed by atoms with Gasteiger partial charge in [-0.25, -0.2) is 9.97 Å². The molecular weight excluding hydrogens is 336 g/mol. The molecule has 0 radical (unpaired) electrons. The van der Waals surface area contributed by atoms with Gasteiger partial charge in [-0.1, -0.05) is 35.9 Å². The van der Waals surface area contributed by atoms with Crippen LogP contribution in [0.3, 0.4) is 0 Å². The fourth-order valence-corrected chi connectivity index (χ4v) is 3.93. The van der Waals surface area contributed by atoms with Crippen LogP contribution >= 0.6 is 22.7 Å². The summed E-state index contributed by atoms with van der Waals surface area (Å²) in [6.45, 7) is 2.09. The fraction of sp³-hybridized carbons (Fsp3) is 0.0556. The standard InChI is InChI=1S/C18H14N4S2/c1-12-4-6-13(7-5-12)15-10-24-18-16(15)17(19-11-20-18)22-21-9-14-3-2-8-23-14/h2-11H,1H3,(H,19,20,22)/b21-9+. The lowest BCUT2D eigenvalue weighted by Crippen LogP contribution is -1.95. The summed E-state index contributed by atoms with van der Waals surface area (Å²) in [4.78, 5) is 10.8. The van der Waals surface area contributed by atoms with E-state index in [1.807, 2.05) is 17.5 Å². The van der Waals surface area contributed by atoms with Crippen LogP contribution in [0.2, 0.25) is 0 Å². The first-order valence-corrected chi connectivity index (χ1v) is 9.19. The Balaban J connectivity index is 1.73. The predicted molar refractivity (Wildman–Crippen MR) is 103 cm³/mol. The van der Waals surface area contributed by atoms with Crippen LogP contribution in [0, 0.1) is 6.92 Å². The summed E-state index contributed by atoms with van der Waals surface area (Å²) in [5, 5.41) is 9.47. The number of thiophene rings is 2. The van der Waals surface area contributed by atoms with Crippen molar-refractivity contribution in [2.75, 3.05) is 5.43 Å². The molecule has 4 rings (SSSR count). The SMILES string of the molecule is Cc1ccc(-c2csc3ncnc(N/N=C/c4cccs4)c23)cc1. The molecule has 6 heteroatoms. The van der Waals surface area contributed by atoms with Gasteiger partial charge < -0.3 is 0 Å². The minimum Gasteiger partial charge on any atom is -0.261 e. The highest BCUT2D eigenvalue weighted by Crippen LogP contribution is 2.36. The molecule has 24 heavy (non-hydrogen) atoms. The fourth-order valence-electron chi connectivity index (χ4n) is 2.43. The van der Waals surface area contributed by atoms with Gasteiger partial charge in [0.15, 0.2) is 5.82 Å². The quantitative estimate of drug-likeness (QED) is 0.408. The van der Waals surface area contributed by atoms with Gasteiger partial charge >= 0.3 is 0 Å². The Morgan fingerprint density at radius 1 is 1.08 bits per heavy atom. The zero-order valence-electron chi connectivity index (χ0n) is 12.9. The molecule has 4 aromatic rings. The van der Waals surface area contributed by atoms with E-state index in [0.29, 0.717) is 0 Å². The van der Waals surface area contributed by atoms with E-state index in [2.05, 4.69) is 57.1 Å². The predicted octanol–water partition coefficient (Wildman–Crippen LogP) is 5.17. The summed E-state index contributed by atoms with van der Waals surface area (Å²) in [7, 11) is 0. The van der Waals surface area contributed by atoms with E-state index in [4.69, 9.17) is 0 Å². The van der Waals surface area contributed by atoms with Crippen LogP contribution in [-0.4, -0.2) is 16.2 Å². The van der Waals surface area contributed by atoms with Crippen LogP contribution in [0.4, 0.5) is 5.82 Å². The van der Waals surface area contributed by atoms with Gasteiger partial charge in [0, 0.05) is 15.8 Å². The lowest BCUT2D eigenvalue weighted by atomic mass is 10.0. The van der Waals surface area contributed by atoms with Crippen LogP contribution in [0.5, 0.6) is 0 Å². The average molecular weight is 350 g/mol. The van der Waals surface area contributed by atoms with Crippen LogP contribution < -0.4 is 5.43 Å². The Morgan fingerprint density at radius 3 is 2.75 bits per heavy atom. The van der Waals surface area contributed by atoms with Gasteiger partial charge in [0.25, 0.3) is 0 Å². The number of aromatic nitrogens is 2. The van der Waals surface area contributed by atoms with Crippen molar-refractivity contribution in [1.29, 1.82) is 0 Å². The first-order chi connectivity index (χ1) is 11.8. The number of rotatable bonds is 4. The maximum Gasteiger partial charge on any atom is 0.159 e. The Hall–Kier alpha value is -2.57. The second kappa shape index (κ2) is 6.51. The monoisotopic (exact) mass is 350 g/mol. The third kappa shape index (κ3) is 2.93. The number of nitrogens with zero attached hydrogens (tertiary/aromatic N) is 3. The number of hydrazone groups is 1. The van der Waals surface area contributed by atoms with Gasteiger partial charge in [0.1, 0.15) is 11.2 Å². The molecule has 0 bridgehead atoms. The minimum atomic E-state index is 0.727. The van der Waals surface area contributed by atoms with Crippen LogP contribution in [-0.2, 0) is 0 Å². The second-order valence-corrected chi connectivity index (χ2v) is 7.14. The highest BCUT2D eigenvalue weighted by Gasteiger charge is 2.12. The van der Waals surface area contributed by atoms with Gasteiger partial charge in [-0.05, 0) is 23.9 Å². The van der Waals surface area contributed by atoms with E-state index in [1.54, 1.807) is 35.2 Å². The molecule has 0 spiro atoms. The van der Waals surface area contributed by atoms with Crippen molar-refractivity contribution in [2.45, 2.75) is 6.92 Å². The maximum atomic E-state index is 4.38. The Labute approximate surface area is 147 Å². The molecule has 0 aliphatic carbocycles. The summed E-state index contributed by atoms with van der Waals surface area (Å²) < 4.78 is 0. The van der Waals surface area contributed by atoms with E-state index in [9.17, 15) is 0 Å². The summed E-state index contributed by atoms with van der Waals surface area (Å²) in [5.74, 6) is 0.727. The second-order valence-electron chi connectivity index (χ2n) is 5.30. The number of benzene rings is 1. The number of aryl methyl sites for hydroxylation is 1. The van der Waals surface area contributed by atoms with E-state index in [1.165, 1.54) is 5.56 Å². The van der Waals surface area contributed by atoms with Crippen LogP contribution in [0.15, 0.2) is 58.6 Å². The van der Waals surface area contributed by atoms with Crippen LogP contribution in [0.1, 0.15) is 10.4 Å². The molecule has 1 aromatic carbocycles. The van der Waals surface area contributed by atoms with Gasteiger partial charge in [-0.15, -0.1) is 22.7 Å². The summed E-state index contributed by atoms with van der Waals surface area (Å²) in [5.41, 5.74) is 6.60. The topological polar surface area (TPSA) is 50.2 Å². The van der Waals surface area contributed by atoms with Gasteiger partial charge in [-0.2, -0.15) is 5.10 Å². The first kappa shape index (κ1) is 15.0. The zero-order chi connectivity index (χ0) is 16.4. The normalized spacial score (nSPS) is 11.4. The minimum absolute atomic E-state index is 0.727. The smallest absolute Gasteiger partial charge is 0.159 e. The zero-order valence-corrected chi connectivity index (χ0v) is 14.6. The molecule has 1 N–H and O–H groups in total. The molecule has 0 fully saturated rings. The van der Waals surface area contributed by atoms with E-state index < -0.39 is 0 Å². The average Bonchev–Trinajstić information content (AvgIpc) is 3.25. The van der Waals surface area contributed by atoms with Gasteiger partial charge in [-0.3, -0.25) is 5.43 Å². The van der Waals surface area contributed by atoms with Crippen molar-refractivity contribution in [3.8, 4) is 11.1 Å². The van der Waals surface area contributed by atoms with Crippen molar-refractivity contribution in [1.82, 2.24) is 9.97 Å². The number of hydrogen-bond donors (Lipinski definition) is 1. The molecule has 0 unspecified atom stereocenters. The van der Waals surface area contributed by atoms with Crippen molar-refractivity contribution in [3.63, 3.8) is 0 Å². The molecule has 3 heterocycles. The molecule has 118 valence electrons. The molecule has 0 amide bonds. The highest BCUT2D eigenvalue weighted by atomic mass is 32.1. The van der Waals surface area contributed by atoms with Gasteiger partial charge in [0.2, 0.25) is 0 Å². The summed E-state index contributed by atoms with van der Waals surface area (Å²) in [6, 6.07) is 12.5. The van der Waals surface area contributed by atoms with Crippen molar-refractivity contribution >= 4 is 44.9 Å². The summed E-state index contributed by atoms with van der Waals surface area (Å²) >= 11 is 3.26. The molecule has 3 aromatic heterocycles. The maximum absolute atomic E-state index is 4.38. The lowest BCUT2D eigenvalue weighted by Gasteiger charge is -2.05. The Kier molecular flexibility index (Phi) is 4.06. The number of fused-ring (bicyclic) bond motifs is 1. The van der Waals surface area contributed by atoms with E-state index in [0.717, 1.165) is 32.0 Å². The Morgan fingerprint density at radius 2 is 1.96 bits per heavy atom. The molecule has 0 saturated heterocycles. The van der Waals surface area contributed by atoms with Crippen molar-refractivity contribution in [2.24, 2.45) is 5.10 Å². The van der Waals surface area contributed by atoms with E-state index in [-0.39, 0.29) is 0 Å². The van der Waals surface area contributed by atoms with Gasteiger partial charge in [0.05, 0.1) is 11.6 Å². The number of nitrogens with one attached hydrogen (secondary N) is 1. The molecule has 0 atom stereocenters.